The first kappa shape index (κ1) is 10.8. The van der Waals surface area contributed by atoms with Gasteiger partial charge in [0.15, 0.2) is 0 Å². The highest BCUT2D eigenvalue weighted by Gasteiger charge is 2.20. The van der Waals surface area contributed by atoms with Crippen molar-refractivity contribution in [3.8, 4) is 11.1 Å². The molecule has 2 rings (SSSR count). The summed E-state index contributed by atoms with van der Waals surface area (Å²) in [6.07, 6.45) is 3.13. The Kier molecular flexibility index (Phi) is 2.96. The molecule has 16 heavy (non-hydrogen) atoms. The molecule has 0 spiro atoms. The lowest BCUT2D eigenvalue weighted by atomic mass is 10.1. The number of ether oxygens (including phenoxy) is 1. The monoisotopic (exact) mass is 237 g/mol. The molecule has 0 saturated carbocycles. The number of anilines is 1. The second-order valence-electron chi connectivity index (χ2n) is 3.12. The van der Waals surface area contributed by atoms with Crippen LogP contribution in [0.2, 0.25) is 0 Å². The second kappa shape index (κ2) is 4.40. The summed E-state index contributed by atoms with van der Waals surface area (Å²) in [7, 11) is 0. The summed E-state index contributed by atoms with van der Waals surface area (Å²) >= 11 is 1.32. The maximum absolute atomic E-state index is 11.7. The van der Waals surface area contributed by atoms with E-state index in [0.29, 0.717) is 17.2 Å². The van der Waals surface area contributed by atoms with Gasteiger partial charge in [-0.2, -0.15) is 0 Å². The topological polar surface area (TPSA) is 65.5 Å². The van der Waals surface area contributed by atoms with Crippen LogP contribution in [0.3, 0.4) is 0 Å². The standard InChI is InChI=1S/C11H11NO3S/c1-2-15-11(13)9-8(6-16-10(9)12)7-3-4-14-5-7/h3-6H,2,12H2,1H3. The van der Waals surface area contributed by atoms with Crippen LogP contribution in [-0.4, -0.2) is 12.6 Å². The molecule has 0 aliphatic rings. The summed E-state index contributed by atoms with van der Waals surface area (Å²) in [6, 6.07) is 1.78. The van der Waals surface area contributed by atoms with Gasteiger partial charge in [0.2, 0.25) is 0 Å². The summed E-state index contributed by atoms with van der Waals surface area (Å²) in [4.78, 5) is 11.7. The highest BCUT2D eigenvalue weighted by molar-refractivity contribution is 7.14. The number of furan rings is 1. The third-order valence-corrected chi connectivity index (χ3v) is 2.94. The van der Waals surface area contributed by atoms with Crippen LogP contribution in [0, 0.1) is 0 Å². The van der Waals surface area contributed by atoms with Gasteiger partial charge in [-0.1, -0.05) is 0 Å². The predicted molar refractivity (Wildman–Crippen MR) is 62.4 cm³/mol. The summed E-state index contributed by atoms with van der Waals surface area (Å²) in [5, 5.41) is 2.29. The van der Waals surface area contributed by atoms with Gasteiger partial charge in [-0.05, 0) is 13.0 Å². The van der Waals surface area contributed by atoms with E-state index in [0.717, 1.165) is 11.1 Å². The smallest absolute Gasteiger partial charge is 0.341 e. The molecule has 2 aromatic rings. The van der Waals surface area contributed by atoms with Gasteiger partial charge in [-0.15, -0.1) is 11.3 Å². The van der Waals surface area contributed by atoms with Gasteiger partial charge in [0.1, 0.15) is 10.6 Å². The summed E-state index contributed by atoms with van der Waals surface area (Å²) in [5.41, 5.74) is 7.78. The minimum atomic E-state index is -0.391. The van der Waals surface area contributed by atoms with Crippen molar-refractivity contribution in [2.75, 3.05) is 12.3 Å². The number of nitrogens with two attached hydrogens (primary N) is 1. The van der Waals surface area contributed by atoms with E-state index < -0.39 is 5.97 Å². The number of nitrogen functional groups attached to an aromatic ring is 1. The van der Waals surface area contributed by atoms with Gasteiger partial charge in [-0.3, -0.25) is 0 Å². The second-order valence-corrected chi connectivity index (χ2v) is 4.03. The Balaban J connectivity index is 2.44. The summed E-state index contributed by atoms with van der Waals surface area (Å²) in [5.74, 6) is -0.391. The van der Waals surface area contributed by atoms with E-state index in [-0.39, 0.29) is 0 Å². The maximum Gasteiger partial charge on any atom is 0.341 e. The molecule has 84 valence electrons. The molecule has 0 amide bonds. The van der Waals surface area contributed by atoms with Crippen molar-refractivity contribution < 1.29 is 13.9 Å². The van der Waals surface area contributed by atoms with E-state index in [1.807, 2.05) is 5.38 Å². The van der Waals surface area contributed by atoms with Gasteiger partial charge in [0, 0.05) is 16.5 Å². The zero-order valence-electron chi connectivity index (χ0n) is 8.73. The van der Waals surface area contributed by atoms with Crippen LogP contribution < -0.4 is 5.73 Å². The Morgan fingerprint density at radius 3 is 3.06 bits per heavy atom. The van der Waals surface area contributed by atoms with Crippen LogP contribution in [0.5, 0.6) is 0 Å². The first-order valence-corrected chi connectivity index (χ1v) is 5.68. The van der Waals surface area contributed by atoms with Gasteiger partial charge in [0.25, 0.3) is 0 Å². The van der Waals surface area contributed by atoms with Crippen molar-refractivity contribution in [3.63, 3.8) is 0 Å². The maximum atomic E-state index is 11.7. The van der Waals surface area contributed by atoms with Crippen molar-refractivity contribution in [3.05, 3.63) is 29.5 Å². The average Bonchev–Trinajstić information content (AvgIpc) is 2.86. The van der Waals surface area contributed by atoms with Crippen LogP contribution in [0.4, 0.5) is 5.00 Å². The molecule has 0 aliphatic carbocycles. The van der Waals surface area contributed by atoms with Gasteiger partial charge in [-0.25, -0.2) is 4.79 Å². The third kappa shape index (κ3) is 1.81. The molecule has 0 atom stereocenters. The van der Waals surface area contributed by atoms with E-state index >= 15 is 0 Å². The minimum absolute atomic E-state index is 0.332. The largest absolute Gasteiger partial charge is 0.472 e. The van der Waals surface area contributed by atoms with Gasteiger partial charge in [0.05, 0.1) is 19.1 Å². The number of thiophene rings is 1. The Morgan fingerprint density at radius 2 is 2.44 bits per heavy atom. The van der Waals surface area contributed by atoms with E-state index in [1.54, 1.807) is 25.5 Å². The number of carbonyl (C=O) groups excluding carboxylic acids is 1. The van der Waals surface area contributed by atoms with Crippen LogP contribution in [-0.2, 0) is 4.74 Å². The normalized spacial score (nSPS) is 10.3. The Morgan fingerprint density at radius 1 is 1.62 bits per heavy atom. The zero-order chi connectivity index (χ0) is 11.5. The molecule has 0 aromatic carbocycles. The molecular formula is C11H11NO3S. The van der Waals surface area contributed by atoms with Crippen molar-refractivity contribution in [1.82, 2.24) is 0 Å². The number of hydrogen-bond donors (Lipinski definition) is 1. The predicted octanol–water partition coefficient (Wildman–Crippen LogP) is 2.77. The molecule has 0 aliphatic heterocycles. The van der Waals surface area contributed by atoms with Crippen molar-refractivity contribution in [1.29, 1.82) is 0 Å². The first-order valence-electron chi connectivity index (χ1n) is 4.80. The fourth-order valence-corrected chi connectivity index (χ4v) is 2.23. The third-order valence-electron chi connectivity index (χ3n) is 2.13. The molecule has 0 bridgehead atoms. The molecule has 2 heterocycles. The summed E-state index contributed by atoms with van der Waals surface area (Å²) in [6.45, 7) is 2.09. The van der Waals surface area contributed by atoms with Gasteiger partial charge >= 0.3 is 5.97 Å². The molecule has 0 saturated heterocycles. The Bertz CT molecular complexity index is 487. The summed E-state index contributed by atoms with van der Waals surface area (Å²) < 4.78 is 9.95. The lowest BCUT2D eigenvalue weighted by Gasteiger charge is -2.03. The SMILES string of the molecule is CCOC(=O)c1c(-c2ccoc2)csc1N. The fourth-order valence-electron chi connectivity index (χ4n) is 1.42. The first-order chi connectivity index (χ1) is 7.74. The lowest BCUT2D eigenvalue weighted by molar-refractivity contribution is 0.0529. The van der Waals surface area contributed by atoms with Crippen LogP contribution in [0.15, 0.2) is 28.4 Å². The highest BCUT2D eigenvalue weighted by Crippen LogP contribution is 2.34. The quantitative estimate of drug-likeness (QED) is 0.833. The zero-order valence-corrected chi connectivity index (χ0v) is 9.54. The lowest BCUT2D eigenvalue weighted by Crippen LogP contribution is -2.06. The number of carbonyl (C=O) groups is 1. The number of esters is 1. The van der Waals surface area contributed by atoms with Crippen LogP contribution in [0.25, 0.3) is 11.1 Å². The molecule has 4 nitrogen and oxygen atoms in total. The molecular weight excluding hydrogens is 226 g/mol. The Hall–Kier alpha value is -1.75. The molecule has 2 N–H and O–H groups in total. The van der Waals surface area contributed by atoms with Crippen LogP contribution >= 0.6 is 11.3 Å². The Labute approximate surface area is 96.6 Å². The molecule has 0 fully saturated rings. The van der Waals surface area contributed by atoms with E-state index in [1.165, 1.54) is 11.3 Å². The number of rotatable bonds is 3. The van der Waals surface area contributed by atoms with E-state index in [4.69, 9.17) is 14.9 Å². The molecule has 0 unspecified atom stereocenters. The van der Waals surface area contributed by atoms with E-state index in [9.17, 15) is 4.79 Å². The van der Waals surface area contributed by atoms with E-state index in [2.05, 4.69) is 0 Å². The van der Waals surface area contributed by atoms with Gasteiger partial charge < -0.3 is 14.9 Å². The fraction of sp³-hybridized carbons (Fsp3) is 0.182. The molecule has 5 heteroatoms. The molecule has 0 radical (unpaired) electrons. The van der Waals surface area contributed by atoms with Crippen molar-refractivity contribution >= 4 is 22.3 Å². The van der Waals surface area contributed by atoms with Crippen molar-refractivity contribution in [2.24, 2.45) is 0 Å². The minimum Gasteiger partial charge on any atom is -0.472 e. The molecule has 2 aromatic heterocycles. The average molecular weight is 237 g/mol. The van der Waals surface area contributed by atoms with Crippen molar-refractivity contribution in [2.45, 2.75) is 6.92 Å². The van der Waals surface area contributed by atoms with Crippen LogP contribution in [0.1, 0.15) is 17.3 Å². The highest BCUT2D eigenvalue weighted by atomic mass is 32.1. The number of hydrogen-bond acceptors (Lipinski definition) is 5.